The lowest BCUT2D eigenvalue weighted by atomic mass is 10.3. The minimum Gasteiger partial charge on any atom is -0.301 e. The predicted octanol–water partition coefficient (Wildman–Crippen LogP) is 2.58. The van der Waals surface area contributed by atoms with Gasteiger partial charge in [-0.05, 0) is 12.8 Å². The number of nitrogens with one attached hydrogen (secondary N) is 1. The fourth-order valence-corrected chi connectivity index (χ4v) is 4.72. The third-order valence-electron chi connectivity index (χ3n) is 3.02. The molecule has 3 aromatic heterocycles. The van der Waals surface area contributed by atoms with Gasteiger partial charge in [0, 0.05) is 29.3 Å². The molecule has 0 amide bonds. The van der Waals surface area contributed by atoms with E-state index >= 15 is 0 Å². The Kier molecular flexibility index (Phi) is 5.60. The van der Waals surface area contributed by atoms with Gasteiger partial charge in [0.25, 0.3) is 11.1 Å². The van der Waals surface area contributed by atoms with Crippen molar-refractivity contribution in [1.29, 1.82) is 0 Å². The van der Waals surface area contributed by atoms with Gasteiger partial charge >= 0.3 is 0 Å². The van der Waals surface area contributed by atoms with Crippen LogP contribution in [-0.2, 0) is 5.75 Å². The highest BCUT2D eigenvalue weighted by molar-refractivity contribution is 8.01. The summed E-state index contributed by atoms with van der Waals surface area (Å²) in [6.45, 7) is 6.05. The SMILES string of the molecule is Cc1cc(=O)[nH]c(SCc2cc(=O)n3nc(SCC(C)C)sc3n2)n1. The van der Waals surface area contributed by atoms with Crippen LogP contribution in [0.15, 0.2) is 31.2 Å². The zero-order valence-corrected chi connectivity index (χ0v) is 16.4. The van der Waals surface area contributed by atoms with E-state index in [0.29, 0.717) is 33.2 Å². The first kappa shape index (κ1) is 18.2. The van der Waals surface area contributed by atoms with Crippen molar-refractivity contribution in [1.82, 2.24) is 24.6 Å². The lowest BCUT2D eigenvalue weighted by molar-refractivity contribution is 0.748. The Labute approximate surface area is 156 Å². The number of rotatable bonds is 6. The molecule has 0 bridgehead atoms. The van der Waals surface area contributed by atoms with Gasteiger partial charge in [-0.2, -0.15) is 4.52 Å². The van der Waals surface area contributed by atoms with Crippen molar-refractivity contribution in [2.75, 3.05) is 5.75 Å². The molecule has 0 aliphatic carbocycles. The molecule has 0 radical (unpaired) electrons. The molecule has 3 heterocycles. The number of aromatic amines is 1. The standard InChI is InChI=1S/C15H17N5O2S3/c1-8(2)6-24-15-19-20-12(22)5-10(17-14(20)25-15)7-23-13-16-9(3)4-11(21)18-13/h4-5,8H,6-7H2,1-3H3,(H,16,18,21). The summed E-state index contributed by atoms with van der Waals surface area (Å²) in [6, 6.07) is 2.92. The zero-order valence-electron chi connectivity index (χ0n) is 14.0. The van der Waals surface area contributed by atoms with E-state index in [9.17, 15) is 9.59 Å². The first-order valence-electron chi connectivity index (χ1n) is 7.64. The average molecular weight is 396 g/mol. The second-order valence-electron chi connectivity index (χ2n) is 5.83. The van der Waals surface area contributed by atoms with Crippen LogP contribution >= 0.6 is 34.9 Å². The van der Waals surface area contributed by atoms with Crippen LogP contribution in [0.5, 0.6) is 0 Å². The fourth-order valence-electron chi connectivity index (χ4n) is 1.97. The van der Waals surface area contributed by atoms with Crippen LogP contribution < -0.4 is 11.1 Å². The van der Waals surface area contributed by atoms with Gasteiger partial charge in [-0.1, -0.05) is 48.7 Å². The van der Waals surface area contributed by atoms with Crippen LogP contribution in [-0.4, -0.2) is 30.3 Å². The van der Waals surface area contributed by atoms with Crippen LogP contribution in [0.3, 0.4) is 0 Å². The Hall–Kier alpha value is -1.65. The number of H-pyrrole nitrogens is 1. The summed E-state index contributed by atoms with van der Waals surface area (Å²) in [6.07, 6.45) is 0. The number of thioether (sulfide) groups is 2. The Balaban J connectivity index is 1.80. The van der Waals surface area contributed by atoms with E-state index in [4.69, 9.17) is 0 Å². The maximum absolute atomic E-state index is 12.2. The molecular weight excluding hydrogens is 378 g/mol. The molecule has 10 heteroatoms. The first-order chi connectivity index (χ1) is 11.9. The Morgan fingerprint density at radius 1 is 1.24 bits per heavy atom. The Morgan fingerprint density at radius 3 is 2.76 bits per heavy atom. The lowest BCUT2D eigenvalue weighted by Gasteiger charge is -2.01. The fraction of sp³-hybridized carbons (Fsp3) is 0.400. The lowest BCUT2D eigenvalue weighted by Crippen LogP contribution is -2.15. The minimum absolute atomic E-state index is 0.187. The van der Waals surface area contributed by atoms with Crippen LogP contribution in [0.25, 0.3) is 4.96 Å². The van der Waals surface area contributed by atoms with E-state index in [-0.39, 0.29) is 11.1 Å². The van der Waals surface area contributed by atoms with E-state index in [1.54, 1.807) is 18.7 Å². The maximum atomic E-state index is 12.2. The van der Waals surface area contributed by atoms with Gasteiger partial charge in [-0.3, -0.25) is 9.59 Å². The van der Waals surface area contributed by atoms with Crippen molar-refractivity contribution < 1.29 is 0 Å². The van der Waals surface area contributed by atoms with Gasteiger partial charge in [0.05, 0.1) is 5.69 Å². The van der Waals surface area contributed by atoms with Gasteiger partial charge in [0.15, 0.2) is 9.50 Å². The van der Waals surface area contributed by atoms with Gasteiger partial charge in [-0.15, -0.1) is 5.10 Å². The van der Waals surface area contributed by atoms with Gasteiger partial charge < -0.3 is 4.98 Å². The molecule has 0 aliphatic heterocycles. The second-order valence-corrected chi connectivity index (χ2v) is 9.02. The van der Waals surface area contributed by atoms with Crippen molar-refractivity contribution in [2.24, 2.45) is 5.92 Å². The van der Waals surface area contributed by atoms with Crippen LogP contribution in [0.1, 0.15) is 25.2 Å². The van der Waals surface area contributed by atoms with Gasteiger partial charge in [0.2, 0.25) is 4.96 Å². The summed E-state index contributed by atoms with van der Waals surface area (Å²) < 4.78 is 2.18. The number of aromatic nitrogens is 5. The summed E-state index contributed by atoms with van der Waals surface area (Å²) in [4.78, 5) is 35.8. The highest BCUT2D eigenvalue weighted by Gasteiger charge is 2.11. The minimum atomic E-state index is -0.195. The highest BCUT2D eigenvalue weighted by Crippen LogP contribution is 2.25. The molecule has 0 fully saturated rings. The molecule has 25 heavy (non-hydrogen) atoms. The third kappa shape index (κ3) is 4.71. The topological polar surface area (TPSA) is 93.0 Å². The number of aryl methyl sites for hydroxylation is 1. The van der Waals surface area contributed by atoms with Crippen molar-refractivity contribution in [3.05, 3.63) is 44.2 Å². The molecule has 1 N–H and O–H groups in total. The predicted molar refractivity (Wildman–Crippen MR) is 102 cm³/mol. The maximum Gasteiger partial charge on any atom is 0.275 e. The number of hydrogen-bond acceptors (Lipinski definition) is 8. The number of nitrogens with zero attached hydrogens (tertiary/aromatic N) is 4. The molecule has 0 saturated heterocycles. The average Bonchev–Trinajstić information content (AvgIpc) is 2.94. The Morgan fingerprint density at radius 2 is 2.04 bits per heavy atom. The summed E-state index contributed by atoms with van der Waals surface area (Å²) >= 11 is 4.39. The number of hydrogen-bond donors (Lipinski definition) is 1. The first-order valence-corrected chi connectivity index (χ1v) is 10.4. The van der Waals surface area contributed by atoms with E-state index < -0.39 is 0 Å². The van der Waals surface area contributed by atoms with Crippen molar-refractivity contribution in [2.45, 2.75) is 36.0 Å². The molecule has 0 unspecified atom stereocenters. The summed E-state index contributed by atoms with van der Waals surface area (Å²) in [5.41, 5.74) is 0.916. The normalized spacial score (nSPS) is 11.5. The summed E-state index contributed by atoms with van der Waals surface area (Å²) in [5, 5.41) is 4.84. The summed E-state index contributed by atoms with van der Waals surface area (Å²) in [7, 11) is 0. The third-order valence-corrected chi connectivity index (χ3v) is 6.40. The van der Waals surface area contributed by atoms with Crippen molar-refractivity contribution in [3.8, 4) is 0 Å². The van der Waals surface area contributed by atoms with Gasteiger partial charge in [-0.25, -0.2) is 9.97 Å². The van der Waals surface area contributed by atoms with Crippen LogP contribution in [0, 0.1) is 12.8 Å². The van der Waals surface area contributed by atoms with E-state index in [0.717, 1.165) is 10.1 Å². The van der Waals surface area contributed by atoms with Crippen molar-refractivity contribution >= 4 is 39.8 Å². The summed E-state index contributed by atoms with van der Waals surface area (Å²) in [5.74, 6) is 1.95. The monoisotopic (exact) mass is 395 g/mol. The molecule has 0 aliphatic rings. The van der Waals surface area contributed by atoms with E-state index in [1.165, 1.54) is 39.7 Å². The van der Waals surface area contributed by atoms with Crippen LogP contribution in [0.4, 0.5) is 0 Å². The molecule has 0 spiro atoms. The molecule has 7 nitrogen and oxygen atoms in total. The molecule has 132 valence electrons. The van der Waals surface area contributed by atoms with Gasteiger partial charge in [0.1, 0.15) is 0 Å². The number of fused-ring (bicyclic) bond motifs is 1. The molecule has 3 aromatic rings. The zero-order chi connectivity index (χ0) is 18.0. The largest absolute Gasteiger partial charge is 0.301 e. The molecule has 0 aromatic carbocycles. The molecular formula is C15H17N5O2S3. The Bertz CT molecular complexity index is 1010. The molecule has 3 rings (SSSR count). The highest BCUT2D eigenvalue weighted by atomic mass is 32.2. The van der Waals surface area contributed by atoms with Crippen LogP contribution in [0.2, 0.25) is 0 Å². The molecule has 0 atom stereocenters. The quantitative estimate of drug-likeness (QED) is 0.506. The van der Waals surface area contributed by atoms with E-state index in [1.807, 2.05) is 0 Å². The molecule has 0 saturated carbocycles. The van der Waals surface area contributed by atoms with E-state index in [2.05, 4.69) is 33.9 Å². The second kappa shape index (κ2) is 7.71. The van der Waals surface area contributed by atoms with Crippen molar-refractivity contribution in [3.63, 3.8) is 0 Å². The smallest absolute Gasteiger partial charge is 0.275 e.